The van der Waals surface area contributed by atoms with Crippen molar-refractivity contribution in [1.29, 1.82) is 0 Å². The van der Waals surface area contributed by atoms with E-state index in [0.29, 0.717) is 18.3 Å². The van der Waals surface area contributed by atoms with Gasteiger partial charge in [-0.25, -0.2) is 0 Å². The third kappa shape index (κ3) is 2.80. The molecule has 0 saturated carbocycles. The van der Waals surface area contributed by atoms with Gasteiger partial charge in [-0.1, -0.05) is 11.8 Å². The van der Waals surface area contributed by atoms with Crippen molar-refractivity contribution in [2.75, 3.05) is 19.3 Å². The third-order valence-corrected chi connectivity index (χ3v) is 3.30. The van der Waals surface area contributed by atoms with Gasteiger partial charge in [0, 0.05) is 12.6 Å². The van der Waals surface area contributed by atoms with E-state index in [1.807, 2.05) is 12.3 Å². The Bertz CT molecular complexity index is 359. The number of carbonyl (C=O) groups is 1. The fourth-order valence-electron chi connectivity index (χ4n) is 1.79. The minimum absolute atomic E-state index is 0.131. The van der Waals surface area contributed by atoms with Crippen molar-refractivity contribution in [3.05, 3.63) is 17.9 Å². The lowest BCUT2D eigenvalue weighted by atomic mass is 10.2. The van der Waals surface area contributed by atoms with Crippen LogP contribution in [0, 0.1) is 0 Å². The minimum Gasteiger partial charge on any atom is -0.445 e. The maximum atomic E-state index is 11.7. The summed E-state index contributed by atoms with van der Waals surface area (Å²) in [6, 6.07) is 3.94. The van der Waals surface area contributed by atoms with E-state index in [-0.39, 0.29) is 5.91 Å². The highest BCUT2D eigenvalue weighted by molar-refractivity contribution is 7.98. The maximum Gasteiger partial charge on any atom is 0.287 e. The zero-order valence-electron chi connectivity index (χ0n) is 9.29. The molecule has 0 bridgehead atoms. The first-order valence-corrected chi connectivity index (χ1v) is 6.67. The van der Waals surface area contributed by atoms with Crippen molar-refractivity contribution in [2.45, 2.75) is 24.0 Å². The van der Waals surface area contributed by atoms with Gasteiger partial charge in [-0.2, -0.15) is 0 Å². The molecule has 1 saturated heterocycles. The molecule has 1 aliphatic rings. The molecule has 2 N–H and O–H groups in total. The van der Waals surface area contributed by atoms with E-state index in [2.05, 4.69) is 10.6 Å². The summed E-state index contributed by atoms with van der Waals surface area (Å²) in [6.45, 7) is 1.73. The zero-order valence-corrected chi connectivity index (χ0v) is 10.1. The molecule has 1 unspecified atom stereocenters. The number of rotatable bonds is 4. The fourth-order valence-corrected chi connectivity index (χ4v) is 2.16. The molecule has 4 nitrogen and oxygen atoms in total. The molecule has 5 heteroatoms. The van der Waals surface area contributed by atoms with Crippen LogP contribution in [0.2, 0.25) is 0 Å². The van der Waals surface area contributed by atoms with Gasteiger partial charge >= 0.3 is 0 Å². The Hall–Kier alpha value is -0.940. The van der Waals surface area contributed by atoms with Crippen molar-refractivity contribution in [1.82, 2.24) is 10.6 Å². The highest BCUT2D eigenvalue weighted by Crippen LogP contribution is 2.17. The molecule has 2 rings (SSSR count). The van der Waals surface area contributed by atoms with Gasteiger partial charge in [0.15, 0.2) is 10.9 Å². The molecule has 16 heavy (non-hydrogen) atoms. The second kappa shape index (κ2) is 5.41. The second-order valence-electron chi connectivity index (χ2n) is 3.83. The van der Waals surface area contributed by atoms with Crippen LogP contribution < -0.4 is 10.6 Å². The number of amides is 1. The second-order valence-corrected chi connectivity index (χ2v) is 4.64. The normalized spacial score (nSPS) is 19.9. The average Bonchev–Trinajstić information content (AvgIpc) is 2.96. The summed E-state index contributed by atoms with van der Waals surface area (Å²) in [6.07, 6.45) is 4.25. The number of hydrogen-bond acceptors (Lipinski definition) is 4. The van der Waals surface area contributed by atoms with Crippen molar-refractivity contribution < 1.29 is 9.21 Å². The first-order chi connectivity index (χ1) is 7.79. The van der Waals surface area contributed by atoms with Crippen LogP contribution in [-0.2, 0) is 0 Å². The Labute approximate surface area is 99.2 Å². The van der Waals surface area contributed by atoms with Gasteiger partial charge in [-0.15, -0.1) is 0 Å². The molecular formula is C11H16N2O2S. The van der Waals surface area contributed by atoms with Crippen LogP contribution in [0.15, 0.2) is 21.6 Å². The molecule has 1 amide bonds. The predicted molar refractivity (Wildman–Crippen MR) is 63.8 cm³/mol. The van der Waals surface area contributed by atoms with Crippen LogP contribution in [0.4, 0.5) is 0 Å². The molecule has 1 aromatic rings. The predicted octanol–water partition coefficient (Wildman–Crippen LogP) is 1.48. The van der Waals surface area contributed by atoms with Crippen LogP contribution in [0.3, 0.4) is 0 Å². The zero-order chi connectivity index (χ0) is 11.4. The van der Waals surface area contributed by atoms with Gasteiger partial charge in [-0.05, 0) is 37.8 Å². The quantitative estimate of drug-likeness (QED) is 0.783. The maximum absolute atomic E-state index is 11.7. The van der Waals surface area contributed by atoms with E-state index in [0.717, 1.165) is 18.1 Å². The standard InChI is InChI=1S/C11H16N2O2S/c1-16-10-5-4-9(15-10)11(14)13-7-8-3-2-6-12-8/h4-5,8,12H,2-3,6-7H2,1H3,(H,13,14). The topological polar surface area (TPSA) is 54.3 Å². The van der Waals surface area contributed by atoms with Gasteiger partial charge in [0.05, 0.1) is 0 Å². The fraction of sp³-hybridized carbons (Fsp3) is 0.545. The number of hydrogen-bond donors (Lipinski definition) is 2. The van der Waals surface area contributed by atoms with Gasteiger partial charge < -0.3 is 15.1 Å². The van der Waals surface area contributed by atoms with Crippen molar-refractivity contribution in [3.63, 3.8) is 0 Å². The van der Waals surface area contributed by atoms with E-state index >= 15 is 0 Å². The van der Waals surface area contributed by atoms with Crippen molar-refractivity contribution in [3.8, 4) is 0 Å². The minimum atomic E-state index is -0.131. The third-order valence-electron chi connectivity index (χ3n) is 2.68. The Morgan fingerprint density at radius 2 is 2.56 bits per heavy atom. The van der Waals surface area contributed by atoms with E-state index in [1.54, 1.807) is 6.07 Å². The molecule has 1 aliphatic heterocycles. The van der Waals surface area contributed by atoms with E-state index in [4.69, 9.17) is 4.42 Å². The van der Waals surface area contributed by atoms with Crippen LogP contribution in [0.1, 0.15) is 23.4 Å². The van der Waals surface area contributed by atoms with Gasteiger partial charge in [0.2, 0.25) is 0 Å². The largest absolute Gasteiger partial charge is 0.445 e. The van der Waals surface area contributed by atoms with Crippen LogP contribution in [0.25, 0.3) is 0 Å². The first-order valence-electron chi connectivity index (χ1n) is 5.45. The summed E-state index contributed by atoms with van der Waals surface area (Å²) in [5, 5.41) is 6.97. The van der Waals surface area contributed by atoms with Gasteiger partial charge in [-0.3, -0.25) is 4.79 Å². The molecule has 88 valence electrons. The Morgan fingerprint density at radius 3 is 3.19 bits per heavy atom. The molecule has 0 radical (unpaired) electrons. The van der Waals surface area contributed by atoms with E-state index < -0.39 is 0 Å². The summed E-state index contributed by atoms with van der Waals surface area (Å²) in [7, 11) is 0. The first kappa shape index (κ1) is 11.5. The summed E-state index contributed by atoms with van der Waals surface area (Å²) in [4.78, 5) is 11.7. The molecule has 0 spiro atoms. The summed E-state index contributed by atoms with van der Waals surface area (Å²) < 4.78 is 5.34. The van der Waals surface area contributed by atoms with Crippen LogP contribution >= 0.6 is 11.8 Å². The van der Waals surface area contributed by atoms with Gasteiger partial charge in [0.25, 0.3) is 5.91 Å². The molecule has 1 fully saturated rings. The smallest absolute Gasteiger partial charge is 0.287 e. The molecule has 0 aromatic carbocycles. The Balaban J connectivity index is 1.82. The summed E-state index contributed by atoms with van der Waals surface area (Å²) in [5.41, 5.74) is 0. The lowest BCUT2D eigenvalue weighted by molar-refractivity contribution is 0.0917. The lowest BCUT2D eigenvalue weighted by Crippen LogP contribution is -2.37. The monoisotopic (exact) mass is 240 g/mol. The average molecular weight is 240 g/mol. The number of furan rings is 1. The van der Waals surface area contributed by atoms with Crippen LogP contribution in [0.5, 0.6) is 0 Å². The van der Waals surface area contributed by atoms with Crippen molar-refractivity contribution in [2.24, 2.45) is 0 Å². The number of nitrogens with one attached hydrogen (secondary N) is 2. The van der Waals surface area contributed by atoms with Crippen LogP contribution in [-0.4, -0.2) is 31.3 Å². The highest BCUT2D eigenvalue weighted by Gasteiger charge is 2.16. The van der Waals surface area contributed by atoms with Crippen molar-refractivity contribution >= 4 is 17.7 Å². The molecule has 0 aliphatic carbocycles. The SMILES string of the molecule is CSc1ccc(C(=O)NCC2CCCN2)o1. The number of thioether (sulfide) groups is 1. The Morgan fingerprint density at radius 1 is 1.69 bits per heavy atom. The Kier molecular flexibility index (Phi) is 3.90. The molecule has 1 aromatic heterocycles. The summed E-state index contributed by atoms with van der Waals surface area (Å²) in [5.74, 6) is 0.261. The number of carbonyl (C=O) groups excluding carboxylic acids is 1. The lowest BCUT2D eigenvalue weighted by Gasteiger charge is -2.10. The highest BCUT2D eigenvalue weighted by atomic mass is 32.2. The molecule has 2 heterocycles. The van der Waals surface area contributed by atoms with E-state index in [9.17, 15) is 4.79 Å². The summed E-state index contributed by atoms with van der Waals surface area (Å²) >= 11 is 1.49. The molecular weight excluding hydrogens is 224 g/mol. The van der Waals surface area contributed by atoms with E-state index in [1.165, 1.54) is 18.2 Å². The van der Waals surface area contributed by atoms with Gasteiger partial charge in [0.1, 0.15) is 0 Å². The molecule has 1 atom stereocenters.